The Morgan fingerprint density at radius 3 is 2.77 bits per heavy atom. The lowest BCUT2D eigenvalue weighted by atomic mass is 9.98. The molecule has 3 unspecified atom stereocenters. The lowest BCUT2D eigenvalue weighted by Crippen LogP contribution is -2.11. The van der Waals surface area contributed by atoms with Gasteiger partial charge in [0.15, 0.2) is 0 Å². The molecule has 2 heterocycles. The van der Waals surface area contributed by atoms with Crippen LogP contribution in [0.2, 0.25) is 0 Å². The molecule has 5 nitrogen and oxygen atoms in total. The zero-order valence-corrected chi connectivity index (χ0v) is 11.9. The summed E-state index contributed by atoms with van der Waals surface area (Å²) in [4.78, 5) is 23.3. The number of fused-ring (bicyclic) bond motifs is 3. The topological polar surface area (TPSA) is 61.8 Å². The maximum Gasteiger partial charge on any atom is 0.338 e. The third kappa shape index (κ3) is 1.93. The first kappa shape index (κ1) is 13.1. The summed E-state index contributed by atoms with van der Waals surface area (Å²) >= 11 is 0. The second kappa shape index (κ2) is 4.73. The molecule has 3 atom stereocenters. The van der Waals surface area contributed by atoms with Crippen molar-refractivity contribution in [2.24, 2.45) is 5.92 Å². The molecular weight excluding hydrogens is 284 g/mol. The zero-order valence-electron chi connectivity index (χ0n) is 11.9. The van der Waals surface area contributed by atoms with Crippen LogP contribution in [0.3, 0.4) is 0 Å². The van der Waals surface area contributed by atoms with Gasteiger partial charge in [-0.2, -0.15) is 0 Å². The van der Waals surface area contributed by atoms with Crippen molar-refractivity contribution in [2.75, 3.05) is 0 Å². The van der Waals surface area contributed by atoms with Crippen LogP contribution in [-0.2, 0) is 30.2 Å². The van der Waals surface area contributed by atoms with E-state index in [1.165, 1.54) is 11.8 Å². The maximum atomic E-state index is 12.0. The minimum absolute atomic E-state index is 0.0351. The van der Waals surface area contributed by atoms with Gasteiger partial charge in [-0.15, -0.1) is 0 Å². The number of rotatable bonds is 2. The maximum absolute atomic E-state index is 12.0. The number of cyclic esters (lactones) is 1. The molecule has 1 aliphatic carbocycles. The second-order valence-electron chi connectivity index (χ2n) is 5.67. The van der Waals surface area contributed by atoms with Gasteiger partial charge in [0.05, 0.1) is 11.8 Å². The van der Waals surface area contributed by atoms with Crippen molar-refractivity contribution >= 4 is 11.9 Å². The first-order chi connectivity index (χ1) is 10.6. The van der Waals surface area contributed by atoms with E-state index in [1.807, 2.05) is 24.3 Å². The van der Waals surface area contributed by atoms with Crippen molar-refractivity contribution in [3.63, 3.8) is 0 Å². The molecular formula is C17H14O5. The predicted molar refractivity (Wildman–Crippen MR) is 75.3 cm³/mol. The number of esters is 2. The minimum atomic E-state index is -0.768. The molecule has 0 aromatic heterocycles. The quantitative estimate of drug-likeness (QED) is 0.476. The molecule has 0 saturated carbocycles. The Morgan fingerprint density at radius 1 is 1.18 bits per heavy atom. The number of carbonyl (C=O) groups is 2. The van der Waals surface area contributed by atoms with E-state index in [9.17, 15) is 9.59 Å². The standard InChI is InChI=1S/C17H14O5/c1-9-6-14(21-16(9)18)20-8-13-12-7-10-4-2-3-5-11(10)15(12)22-17(13)19/h2-6,8,12,14-15H,7H2,1H3/b13-8+. The fraction of sp³-hybridized carbons (Fsp3) is 0.294. The largest absolute Gasteiger partial charge is 0.458 e. The second-order valence-corrected chi connectivity index (χ2v) is 5.67. The van der Waals surface area contributed by atoms with Crippen LogP contribution in [-0.4, -0.2) is 18.2 Å². The third-order valence-corrected chi connectivity index (χ3v) is 4.30. The predicted octanol–water partition coefficient (Wildman–Crippen LogP) is 2.19. The molecule has 1 aromatic rings. The summed E-state index contributed by atoms with van der Waals surface area (Å²) in [6, 6.07) is 7.96. The van der Waals surface area contributed by atoms with Gasteiger partial charge in [-0.25, -0.2) is 9.59 Å². The number of hydrogen-bond acceptors (Lipinski definition) is 5. The summed E-state index contributed by atoms with van der Waals surface area (Å²) in [5.41, 5.74) is 3.25. The Bertz CT molecular complexity index is 730. The van der Waals surface area contributed by atoms with Crippen molar-refractivity contribution in [1.82, 2.24) is 0 Å². The highest BCUT2D eigenvalue weighted by molar-refractivity contribution is 5.92. The Hall–Kier alpha value is -2.56. The summed E-state index contributed by atoms with van der Waals surface area (Å²) in [5, 5.41) is 0. The summed E-state index contributed by atoms with van der Waals surface area (Å²) in [7, 11) is 0. The van der Waals surface area contributed by atoms with Gasteiger partial charge in [-0.05, 0) is 24.5 Å². The van der Waals surface area contributed by atoms with E-state index in [4.69, 9.17) is 14.2 Å². The van der Waals surface area contributed by atoms with Crippen LogP contribution in [0.4, 0.5) is 0 Å². The van der Waals surface area contributed by atoms with Gasteiger partial charge < -0.3 is 14.2 Å². The average Bonchev–Trinajstić information content (AvgIpc) is 3.10. The molecule has 22 heavy (non-hydrogen) atoms. The molecule has 0 bridgehead atoms. The van der Waals surface area contributed by atoms with E-state index >= 15 is 0 Å². The van der Waals surface area contributed by atoms with Gasteiger partial charge >= 0.3 is 11.9 Å². The molecule has 0 radical (unpaired) electrons. The van der Waals surface area contributed by atoms with Crippen LogP contribution >= 0.6 is 0 Å². The third-order valence-electron chi connectivity index (χ3n) is 4.30. The van der Waals surface area contributed by atoms with E-state index in [-0.39, 0.29) is 18.0 Å². The van der Waals surface area contributed by atoms with E-state index in [0.29, 0.717) is 11.1 Å². The summed E-state index contributed by atoms with van der Waals surface area (Å²) in [5.74, 6) is -0.801. The van der Waals surface area contributed by atoms with Crippen LogP contribution in [0.25, 0.3) is 0 Å². The van der Waals surface area contributed by atoms with E-state index in [1.54, 1.807) is 13.0 Å². The van der Waals surface area contributed by atoms with Gasteiger partial charge in [0.25, 0.3) is 6.29 Å². The first-order valence-corrected chi connectivity index (χ1v) is 7.17. The fourth-order valence-corrected chi connectivity index (χ4v) is 3.16. The minimum Gasteiger partial charge on any atom is -0.458 e. The SMILES string of the molecule is CC1=CC(O/C=C2/C(=O)OC3c4ccccc4CC23)OC1=O. The first-order valence-electron chi connectivity index (χ1n) is 7.17. The Morgan fingerprint density at radius 2 is 2.00 bits per heavy atom. The molecule has 0 spiro atoms. The van der Waals surface area contributed by atoms with E-state index in [2.05, 4.69) is 0 Å². The molecule has 1 saturated heterocycles. The summed E-state index contributed by atoms with van der Waals surface area (Å²) in [6.07, 6.45) is 2.71. The highest BCUT2D eigenvalue weighted by Crippen LogP contribution is 2.47. The normalized spacial score (nSPS) is 30.7. The van der Waals surface area contributed by atoms with Crippen LogP contribution < -0.4 is 0 Å². The number of carbonyl (C=O) groups excluding carboxylic acids is 2. The number of benzene rings is 1. The molecule has 5 heteroatoms. The summed E-state index contributed by atoms with van der Waals surface area (Å²) in [6.45, 7) is 1.66. The van der Waals surface area contributed by atoms with Crippen molar-refractivity contribution in [3.8, 4) is 0 Å². The molecule has 4 rings (SSSR count). The highest BCUT2D eigenvalue weighted by Gasteiger charge is 2.46. The Balaban J connectivity index is 1.55. The van der Waals surface area contributed by atoms with Gasteiger partial charge in [0.2, 0.25) is 0 Å². The fourth-order valence-electron chi connectivity index (χ4n) is 3.16. The lowest BCUT2D eigenvalue weighted by Gasteiger charge is -2.09. The van der Waals surface area contributed by atoms with Crippen molar-refractivity contribution < 1.29 is 23.8 Å². The Labute approximate surface area is 127 Å². The monoisotopic (exact) mass is 298 g/mol. The number of ether oxygens (including phenoxy) is 3. The van der Waals surface area contributed by atoms with Crippen molar-refractivity contribution in [1.29, 1.82) is 0 Å². The molecule has 1 fully saturated rings. The smallest absolute Gasteiger partial charge is 0.338 e. The van der Waals surface area contributed by atoms with Crippen LogP contribution in [0.5, 0.6) is 0 Å². The van der Waals surface area contributed by atoms with Gasteiger partial charge in [0.1, 0.15) is 6.10 Å². The molecule has 0 amide bonds. The average molecular weight is 298 g/mol. The molecule has 3 aliphatic rings. The van der Waals surface area contributed by atoms with Gasteiger partial charge in [-0.1, -0.05) is 24.3 Å². The molecule has 112 valence electrons. The van der Waals surface area contributed by atoms with Crippen LogP contribution in [0, 0.1) is 5.92 Å². The Kier molecular flexibility index (Phi) is 2.82. The molecule has 2 aliphatic heterocycles. The van der Waals surface area contributed by atoms with Crippen molar-refractivity contribution in [3.05, 3.63) is 58.9 Å². The zero-order chi connectivity index (χ0) is 15.3. The molecule has 1 aromatic carbocycles. The highest BCUT2D eigenvalue weighted by atomic mass is 16.7. The van der Waals surface area contributed by atoms with Gasteiger partial charge in [0, 0.05) is 17.6 Å². The van der Waals surface area contributed by atoms with Crippen molar-refractivity contribution in [2.45, 2.75) is 25.7 Å². The number of hydrogen-bond donors (Lipinski definition) is 0. The molecule has 0 N–H and O–H groups in total. The van der Waals surface area contributed by atoms with Gasteiger partial charge in [-0.3, -0.25) is 0 Å². The lowest BCUT2D eigenvalue weighted by molar-refractivity contribution is -0.152. The summed E-state index contributed by atoms with van der Waals surface area (Å²) < 4.78 is 15.9. The van der Waals surface area contributed by atoms with Crippen LogP contribution in [0.1, 0.15) is 24.2 Å². The van der Waals surface area contributed by atoms with E-state index in [0.717, 1.165) is 12.0 Å². The van der Waals surface area contributed by atoms with Crippen LogP contribution in [0.15, 0.2) is 47.7 Å². The van der Waals surface area contributed by atoms with E-state index < -0.39 is 12.3 Å².